The Bertz CT molecular complexity index is 461. The van der Waals surface area contributed by atoms with Crippen LogP contribution in [0.5, 0.6) is 0 Å². The third kappa shape index (κ3) is 2.16. The molecule has 0 spiro atoms. The lowest BCUT2D eigenvalue weighted by Crippen LogP contribution is -2.31. The van der Waals surface area contributed by atoms with Crippen molar-refractivity contribution in [2.75, 3.05) is 23.3 Å². The van der Waals surface area contributed by atoms with Crippen LogP contribution in [-0.4, -0.2) is 41.3 Å². The minimum atomic E-state index is 0.384. The van der Waals surface area contributed by atoms with Crippen molar-refractivity contribution in [1.29, 1.82) is 0 Å². The fourth-order valence-corrected chi connectivity index (χ4v) is 3.52. The van der Waals surface area contributed by atoms with E-state index in [0.29, 0.717) is 18.2 Å². The number of aromatic nitrogens is 2. The van der Waals surface area contributed by atoms with Gasteiger partial charge in [-0.2, -0.15) is 0 Å². The molecule has 3 aliphatic heterocycles. The summed E-state index contributed by atoms with van der Waals surface area (Å²) in [5, 5.41) is 3.53. The molecule has 102 valence electrons. The number of ether oxygens (including phenoxy) is 1. The van der Waals surface area contributed by atoms with Crippen molar-refractivity contribution in [2.45, 2.75) is 50.4 Å². The van der Waals surface area contributed by atoms with E-state index in [1.54, 1.807) is 6.33 Å². The summed E-state index contributed by atoms with van der Waals surface area (Å²) >= 11 is 0. The highest BCUT2D eigenvalue weighted by Crippen LogP contribution is 2.35. The number of hydrogen-bond acceptors (Lipinski definition) is 5. The molecule has 4 rings (SSSR count). The molecule has 3 atom stereocenters. The quantitative estimate of drug-likeness (QED) is 0.898. The number of fused-ring (bicyclic) bond motifs is 2. The first-order chi connectivity index (χ1) is 9.38. The monoisotopic (exact) mass is 260 g/mol. The molecule has 3 aliphatic rings. The molecule has 4 heterocycles. The molecule has 5 heteroatoms. The van der Waals surface area contributed by atoms with Crippen LogP contribution in [0.1, 0.15) is 32.1 Å². The van der Waals surface area contributed by atoms with Crippen molar-refractivity contribution in [1.82, 2.24) is 9.97 Å². The lowest BCUT2D eigenvalue weighted by atomic mass is 9.95. The zero-order valence-electron chi connectivity index (χ0n) is 11.1. The Morgan fingerprint density at radius 3 is 2.84 bits per heavy atom. The first kappa shape index (κ1) is 11.5. The summed E-state index contributed by atoms with van der Waals surface area (Å²) in [6, 6.07) is 2.51. The van der Waals surface area contributed by atoms with Crippen molar-refractivity contribution in [3.05, 3.63) is 12.4 Å². The molecule has 0 aliphatic carbocycles. The van der Waals surface area contributed by atoms with Crippen molar-refractivity contribution in [3.63, 3.8) is 0 Å². The third-order valence-electron chi connectivity index (χ3n) is 4.52. The third-order valence-corrected chi connectivity index (χ3v) is 4.52. The molecule has 1 aromatic rings. The van der Waals surface area contributed by atoms with Gasteiger partial charge in [-0.3, -0.25) is 0 Å². The Morgan fingerprint density at radius 1 is 1.21 bits per heavy atom. The maximum atomic E-state index is 5.87. The van der Waals surface area contributed by atoms with Gasteiger partial charge in [-0.1, -0.05) is 0 Å². The van der Waals surface area contributed by atoms with E-state index in [2.05, 4.69) is 26.3 Å². The highest BCUT2D eigenvalue weighted by molar-refractivity contribution is 5.49. The van der Waals surface area contributed by atoms with E-state index >= 15 is 0 Å². The molecule has 0 radical (unpaired) electrons. The SMILES string of the molecule is c1nc(N[C@H]2CC3CCC2O3)cc(N2CCCC2)n1. The zero-order valence-corrected chi connectivity index (χ0v) is 11.1. The lowest BCUT2D eigenvalue weighted by molar-refractivity contribution is 0.102. The molecule has 0 amide bonds. The van der Waals surface area contributed by atoms with Gasteiger partial charge in [0.2, 0.25) is 0 Å². The van der Waals surface area contributed by atoms with Crippen molar-refractivity contribution >= 4 is 11.6 Å². The maximum Gasteiger partial charge on any atom is 0.134 e. The zero-order chi connectivity index (χ0) is 12.7. The number of hydrogen-bond donors (Lipinski definition) is 1. The average Bonchev–Trinajstić information content (AvgIpc) is 3.17. The van der Waals surface area contributed by atoms with Crippen molar-refractivity contribution in [3.8, 4) is 0 Å². The molecule has 19 heavy (non-hydrogen) atoms. The summed E-state index contributed by atoms with van der Waals surface area (Å²) in [4.78, 5) is 11.1. The van der Waals surface area contributed by atoms with Crippen LogP contribution >= 0.6 is 0 Å². The van der Waals surface area contributed by atoms with Gasteiger partial charge < -0.3 is 15.0 Å². The molecule has 5 nitrogen and oxygen atoms in total. The van der Waals surface area contributed by atoms with E-state index in [9.17, 15) is 0 Å². The number of nitrogens with zero attached hydrogens (tertiary/aromatic N) is 3. The summed E-state index contributed by atoms with van der Waals surface area (Å²) in [6.07, 6.45) is 8.60. The van der Waals surface area contributed by atoms with Crippen LogP contribution in [0.15, 0.2) is 12.4 Å². The summed E-state index contributed by atoms with van der Waals surface area (Å²) < 4.78 is 5.87. The normalized spacial score (nSPS) is 33.1. The van der Waals surface area contributed by atoms with E-state index in [0.717, 1.165) is 31.1 Å². The Hall–Kier alpha value is -1.36. The highest BCUT2D eigenvalue weighted by Gasteiger charge is 2.40. The molecule has 2 unspecified atom stereocenters. The Kier molecular flexibility index (Phi) is 2.80. The van der Waals surface area contributed by atoms with Crippen LogP contribution in [0.4, 0.5) is 11.6 Å². The second-order valence-corrected chi connectivity index (χ2v) is 5.82. The van der Waals surface area contributed by atoms with Gasteiger partial charge in [0.05, 0.1) is 18.2 Å². The van der Waals surface area contributed by atoms with Crippen molar-refractivity contribution in [2.24, 2.45) is 0 Å². The predicted octanol–water partition coefficient (Wildman–Crippen LogP) is 1.81. The van der Waals surface area contributed by atoms with Crippen molar-refractivity contribution < 1.29 is 4.74 Å². The van der Waals surface area contributed by atoms with Crippen LogP contribution in [0, 0.1) is 0 Å². The maximum absolute atomic E-state index is 5.87. The summed E-state index contributed by atoms with van der Waals surface area (Å²) in [5.41, 5.74) is 0. The number of nitrogens with one attached hydrogen (secondary N) is 1. The van der Waals surface area contributed by atoms with E-state index in [1.807, 2.05) is 0 Å². The minimum absolute atomic E-state index is 0.384. The standard InChI is InChI=1S/C14H20N4O/c1-2-6-18(5-1)14-8-13(15-9-16-14)17-11-7-10-3-4-12(11)19-10/h8-12H,1-7H2,(H,15,16,17)/t10?,11-,12?/m0/s1. The smallest absolute Gasteiger partial charge is 0.134 e. The van der Waals surface area contributed by atoms with Crippen LogP contribution in [0.25, 0.3) is 0 Å². The number of anilines is 2. The fourth-order valence-electron chi connectivity index (χ4n) is 3.52. The molecule has 1 aromatic heterocycles. The predicted molar refractivity (Wildman–Crippen MR) is 73.4 cm³/mol. The molecule has 2 bridgehead atoms. The lowest BCUT2D eigenvalue weighted by Gasteiger charge is -2.22. The molecule has 0 aromatic carbocycles. The Morgan fingerprint density at radius 2 is 2.11 bits per heavy atom. The Labute approximate surface area is 113 Å². The summed E-state index contributed by atoms with van der Waals surface area (Å²) in [7, 11) is 0. The molecular formula is C14H20N4O. The van der Waals surface area contributed by atoms with Crippen LogP contribution < -0.4 is 10.2 Å². The molecule has 1 N–H and O–H groups in total. The second kappa shape index (κ2) is 4.63. The average molecular weight is 260 g/mol. The van der Waals surface area contributed by atoms with Crippen LogP contribution in [-0.2, 0) is 4.74 Å². The van der Waals surface area contributed by atoms with E-state index in [-0.39, 0.29) is 0 Å². The summed E-state index contributed by atoms with van der Waals surface area (Å²) in [6.45, 7) is 2.24. The largest absolute Gasteiger partial charge is 0.373 e. The molecule has 0 saturated carbocycles. The second-order valence-electron chi connectivity index (χ2n) is 5.82. The highest BCUT2D eigenvalue weighted by atomic mass is 16.5. The van der Waals surface area contributed by atoms with E-state index in [1.165, 1.54) is 25.7 Å². The fraction of sp³-hybridized carbons (Fsp3) is 0.714. The van der Waals surface area contributed by atoms with Gasteiger partial charge in [0.15, 0.2) is 0 Å². The van der Waals surface area contributed by atoms with Gasteiger partial charge in [-0.05, 0) is 32.1 Å². The van der Waals surface area contributed by atoms with Gasteiger partial charge >= 0.3 is 0 Å². The first-order valence-corrected chi connectivity index (χ1v) is 7.37. The minimum Gasteiger partial charge on any atom is -0.373 e. The number of rotatable bonds is 3. The summed E-state index contributed by atoms with van der Waals surface area (Å²) in [5.74, 6) is 2.00. The van der Waals surface area contributed by atoms with Gasteiger partial charge in [0.1, 0.15) is 18.0 Å². The molecule has 3 saturated heterocycles. The van der Waals surface area contributed by atoms with Gasteiger partial charge in [-0.15, -0.1) is 0 Å². The topological polar surface area (TPSA) is 50.3 Å². The van der Waals surface area contributed by atoms with Crippen LogP contribution in [0.2, 0.25) is 0 Å². The van der Waals surface area contributed by atoms with Gasteiger partial charge in [-0.25, -0.2) is 9.97 Å². The van der Waals surface area contributed by atoms with Gasteiger partial charge in [0.25, 0.3) is 0 Å². The molecule has 3 fully saturated rings. The van der Waals surface area contributed by atoms with E-state index in [4.69, 9.17) is 4.74 Å². The van der Waals surface area contributed by atoms with Gasteiger partial charge in [0, 0.05) is 19.2 Å². The van der Waals surface area contributed by atoms with Crippen LogP contribution in [0.3, 0.4) is 0 Å². The molecular weight excluding hydrogens is 240 g/mol. The van der Waals surface area contributed by atoms with E-state index < -0.39 is 0 Å². The Balaban J connectivity index is 1.47. The first-order valence-electron chi connectivity index (χ1n) is 7.37.